The lowest BCUT2D eigenvalue weighted by atomic mass is 9.96. The molecule has 1 aliphatic heterocycles. The lowest BCUT2D eigenvalue weighted by molar-refractivity contribution is -0.125. The van der Waals surface area contributed by atoms with Gasteiger partial charge in [0.05, 0.1) is 23.7 Å². The zero-order valence-corrected chi connectivity index (χ0v) is 21.3. The minimum absolute atomic E-state index is 0.0235. The number of halogens is 1. The number of hydrogen-bond donors (Lipinski definition) is 2. The van der Waals surface area contributed by atoms with E-state index < -0.39 is 0 Å². The second kappa shape index (κ2) is 10.1. The summed E-state index contributed by atoms with van der Waals surface area (Å²) in [7, 11) is 3.28. The molecule has 1 aliphatic rings. The van der Waals surface area contributed by atoms with Crippen LogP contribution in [-0.4, -0.2) is 58.1 Å². The monoisotopic (exact) mass is 508 g/mol. The van der Waals surface area contributed by atoms with Crippen molar-refractivity contribution in [3.8, 4) is 5.75 Å². The molecule has 1 amide bonds. The SMILES string of the molecule is CCn1ncc2c3c(NCc4ccc(OC)c(Cl)c4)nnc(N4CCC(C(=O)NC)CC4)c3cnc21. The molecule has 0 spiro atoms. The fourth-order valence-electron chi connectivity index (χ4n) is 4.80. The highest BCUT2D eigenvalue weighted by atomic mass is 35.5. The molecule has 1 saturated heterocycles. The first-order valence-electron chi connectivity index (χ1n) is 12.1. The summed E-state index contributed by atoms with van der Waals surface area (Å²) < 4.78 is 7.13. The first-order chi connectivity index (χ1) is 17.5. The van der Waals surface area contributed by atoms with Gasteiger partial charge in [-0.3, -0.25) is 4.79 Å². The van der Waals surface area contributed by atoms with Crippen molar-refractivity contribution in [2.45, 2.75) is 32.9 Å². The van der Waals surface area contributed by atoms with Crippen molar-refractivity contribution in [3.63, 3.8) is 0 Å². The third-order valence-corrected chi connectivity index (χ3v) is 7.07. The maximum absolute atomic E-state index is 12.1. The second-order valence-corrected chi connectivity index (χ2v) is 9.22. The minimum Gasteiger partial charge on any atom is -0.495 e. The number of piperidine rings is 1. The first kappa shape index (κ1) is 24.1. The molecule has 1 aromatic carbocycles. The van der Waals surface area contributed by atoms with Crippen molar-refractivity contribution in [2.24, 2.45) is 5.92 Å². The fraction of sp³-hybridized carbons (Fsp3) is 0.400. The van der Waals surface area contributed by atoms with Crippen LogP contribution in [0.5, 0.6) is 5.75 Å². The van der Waals surface area contributed by atoms with Crippen molar-refractivity contribution in [1.82, 2.24) is 30.3 Å². The van der Waals surface area contributed by atoms with Gasteiger partial charge in [-0.1, -0.05) is 17.7 Å². The Kier molecular flexibility index (Phi) is 6.77. The third-order valence-electron chi connectivity index (χ3n) is 6.78. The van der Waals surface area contributed by atoms with Crippen molar-refractivity contribution in [3.05, 3.63) is 41.2 Å². The van der Waals surface area contributed by atoms with Crippen LogP contribution in [0.1, 0.15) is 25.3 Å². The highest BCUT2D eigenvalue weighted by Crippen LogP contribution is 2.35. The van der Waals surface area contributed by atoms with Gasteiger partial charge in [0.1, 0.15) is 5.75 Å². The molecule has 11 heteroatoms. The summed E-state index contributed by atoms with van der Waals surface area (Å²) in [5.74, 6) is 2.19. The van der Waals surface area contributed by atoms with Crippen molar-refractivity contribution in [1.29, 1.82) is 0 Å². The molecule has 0 unspecified atom stereocenters. The molecule has 0 aliphatic carbocycles. The summed E-state index contributed by atoms with van der Waals surface area (Å²) in [6.45, 7) is 4.72. The highest BCUT2D eigenvalue weighted by Gasteiger charge is 2.27. The predicted octanol–water partition coefficient (Wildman–Crippen LogP) is 3.63. The molecule has 2 N–H and O–H groups in total. The molecule has 0 saturated carbocycles. The van der Waals surface area contributed by atoms with E-state index in [-0.39, 0.29) is 11.8 Å². The van der Waals surface area contributed by atoms with Crippen molar-refractivity contribution < 1.29 is 9.53 Å². The van der Waals surface area contributed by atoms with Gasteiger partial charge in [0.2, 0.25) is 5.91 Å². The standard InChI is InChI=1S/C25H29ClN8O2/c1-4-34-23-18(14-30-34)21-17(13-29-23)24(33-9-7-16(8-10-33)25(35)27-2)32-31-22(21)28-12-15-5-6-20(36-3)19(26)11-15/h5-6,11,13-14,16H,4,7-10,12H2,1-3H3,(H,27,35)(H,28,31). The number of amides is 1. The molecular formula is C25H29ClN8O2. The summed E-state index contributed by atoms with van der Waals surface area (Å²) in [6.07, 6.45) is 5.23. The van der Waals surface area contributed by atoms with Crippen LogP contribution in [0.4, 0.5) is 11.6 Å². The van der Waals surface area contributed by atoms with Crippen LogP contribution in [0.25, 0.3) is 21.8 Å². The number of nitrogens with zero attached hydrogens (tertiary/aromatic N) is 6. The van der Waals surface area contributed by atoms with E-state index in [1.54, 1.807) is 14.2 Å². The molecule has 0 atom stereocenters. The van der Waals surface area contributed by atoms with E-state index in [1.165, 1.54) is 0 Å². The number of rotatable bonds is 7. The van der Waals surface area contributed by atoms with Crippen molar-refractivity contribution in [2.75, 3.05) is 37.5 Å². The second-order valence-electron chi connectivity index (χ2n) is 8.81. The zero-order valence-electron chi connectivity index (χ0n) is 20.6. The number of fused-ring (bicyclic) bond motifs is 3. The van der Waals surface area contributed by atoms with Crippen molar-refractivity contribution >= 4 is 50.9 Å². The highest BCUT2D eigenvalue weighted by molar-refractivity contribution is 6.32. The number of carbonyl (C=O) groups is 1. The van der Waals surface area contributed by atoms with Crippen LogP contribution in [0.2, 0.25) is 5.02 Å². The Labute approximate surface area is 214 Å². The van der Waals surface area contributed by atoms with Crippen LogP contribution >= 0.6 is 11.6 Å². The lowest BCUT2D eigenvalue weighted by Gasteiger charge is -2.32. The molecule has 0 radical (unpaired) electrons. The van der Waals surface area contributed by atoms with Crippen LogP contribution in [0.3, 0.4) is 0 Å². The molecule has 188 valence electrons. The number of nitrogens with one attached hydrogen (secondary N) is 2. The van der Waals surface area contributed by atoms with Gasteiger partial charge in [-0.2, -0.15) is 5.10 Å². The maximum atomic E-state index is 12.1. The van der Waals surface area contributed by atoms with Gasteiger partial charge in [-0.25, -0.2) is 9.67 Å². The molecule has 4 aromatic rings. The Morgan fingerprint density at radius 2 is 2.00 bits per heavy atom. The maximum Gasteiger partial charge on any atom is 0.222 e. The lowest BCUT2D eigenvalue weighted by Crippen LogP contribution is -2.40. The van der Waals surface area contributed by atoms with Crippen LogP contribution in [0, 0.1) is 5.92 Å². The van der Waals surface area contributed by atoms with Gasteiger partial charge in [-0.15, -0.1) is 10.2 Å². The average Bonchev–Trinajstić information content (AvgIpc) is 3.35. The number of anilines is 2. The van der Waals surface area contributed by atoms with Crippen LogP contribution in [0.15, 0.2) is 30.6 Å². The average molecular weight is 509 g/mol. The van der Waals surface area contributed by atoms with E-state index in [2.05, 4.69) is 30.8 Å². The van der Waals surface area contributed by atoms with Gasteiger partial charge in [-0.05, 0) is 37.5 Å². The number of ether oxygens (including phenoxy) is 1. The molecule has 36 heavy (non-hydrogen) atoms. The smallest absolute Gasteiger partial charge is 0.222 e. The molecule has 4 heterocycles. The summed E-state index contributed by atoms with van der Waals surface area (Å²) in [6, 6.07) is 5.69. The molecule has 1 fully saturated rings. The predicted molar refractivity (Wildman–Crippen MR) is 141 cm³/mol. The number of methoxy groups -OCH3 is 1. The summed E-state index contributed by atoms with van der Waals surface area (Å²) in [5.41, 5.74) is 1.79. The Morgan fingerprint density at radius 1 is 1.19 bits per heavy atom. The molecular weight excluding hydrogens is 480 g/mol. The Balaban J connectivity index is 1.51. The Bertz CT molecular complexity index is 1410. The molecule has 0 bridgehead atoms. The zero-order chi connectivity index (χ0) is 25.2. The molecule has 5 rings (SSSR count). The van der Waals surface area contributed by atoms with E-state index in [4.69, 9.17) is 21.3 Å². The first-order valence-corrected chi connectivity index (χ1v) is 12.5. The Hall–Kier alpha value is -3.66. The van der Waals surface area contributed by atoms with Gasteiger partial charge in [0.15, 0.2) is 17.3 Å². The number of benzene rings is 1. The third kappa shape index (κ3) is 4.37. The van der Waals surface area contributed by atoms with Gasteiger partial charge in [0, 0.05) is 56.1 Å². The summed E-state index contributed by atoms with van der Waals surface area (Å²) in [4.78, 5) is 19.0. The van der Waals surface area contributed by atoms with Gasteiger partial charge < -0.3 is 20.3 Å². The Morgan fingerprint density at radius 3 is 2.69 bits per heavy atom. The molecule has 10 nitrogen and oxygen atoms in total. The van der Waals surface area contributed by atoms with Gasteiger partial charge >= 0.3 is 0 Å². The van der Waals surface area contributed by atoms with E-state index in [0.29, 0.717) is 29.7 Å². The van der Waals surface area contributed by atoms with E-state index in [9.17, 15) is 4.79 Å². The largest absolute Gasteiger partial charge is 0.495 e. The van der Waals surface area contributed by atoms with Crippen LogP contribution in [-0.2, 0) is 17.9 Å². The fourth-order valence-corrected chi connectivity index (χ4v) is 5.08. The van der Waals surface area contributed by atoms with E-state index >= 15 is 0 Å². The van der Waals surface area contributed by atoms with Gasteiger partial charge in [0.25, 0.3) is 0 Å². The summed E-state index contributed by atoms with van der Waals surface area (Å²) >= 11 is 6.32. The topological polar surface area (TPSA) is 110 Å². The summed E-state index contributed by atoms with van der Waals surface area (Å²) in [5, 5.41) is 23.2. The van der Waals surface area contributed by atoms with E-state index in [0.717, 1.165) is 59.1 Å². The van der Waals surface area contributed by atoms with E-state index in [1.807, 2.05) is 42.2 Å². The number of pyridine rings is 1. The number of aromatic nitrogens is 5. The normalized spacial score (nSPS) is 14.4. The number of hydrogen-bond acceptors (Lipinski definition) is 8. The quantitative estimate of drug-likeness (QED) is 0.389. The number of carbonyl (C=O) groups excluding carboxylic acids is 1. The van der Waals surface area contributed by atoms with Crippen LogP contribution < -0.4 is 20.3 Å². The number of aryl methyl sites for hydroxylation is 1. The molecule has 3 aromatic heterocycles. The minimum atomic E-state index is 0.0235.